The minimum absolute atomic E-state index is 0.138. The van der Waals surface area contributed by atoms with Crippen molar-refractivity contribution >= 4 is 49.2 Å². The molecule has 4 heterocycles. The van der Waals surface area contributed by atoms with Gasteiger partial charge in [0.15, 0.2) is 29.1 Å². The van der Waals surface area contributed by atoms with Gasteiger partial charge in [0.25, 0.3) is 0 Å². The van der Waals surface area contributed by atoms with Crippen LogP contribution in [-0.4, -0.2) is 39.0 Å². The Labute approximate surface area is 410 Å². The molecular formula is C63H44N8. The third-order valence-electron chi connectivity index (χ3n) is 14.5. The zero-order valence-corrected chi connectivity index (χ0v) is 39.1. The lowest BCUT2D eigenvalue weighted by molar-refractivity contribution is 0.651. The van der Waals surface area contributed by atoms with Crippen LogP contribution in [0.15, 0.2) is 212 Å². The molecule has 0 bridgehead atoms. The molecule has 0 saturated carbocycles. The second kappa shape index (κ2) is 16.0. The smallest absolute Gasteiger partial charge is 0.238 e. The Morgan fingerprint density at radius 1 is 0.408 bits per heavy atom. The summed E-state index contributed by atoms with van der Waals surface area (Å²) in [7, 11) is 0. The number of allylic oxidation sites excluding steroid dienone is 4. The van der Waals surface area contributed by atoms with E-state index in [1.165, 1.54) is 22.3 Å². The molecule has 8 aromatic carbocycles. The van der Waals surface area contributed by atoms with Crippen LogP contribution in [0.5, 0.6) is 0 Å². The lowest BCUT2D eigenvalue weighted by atomic mass is 9.79. The highest BCUT2D eigenvalue weighted by Gasteiger charge is 2.37. The van der Waals surface area contributed by atoms with Gasteiger partial charge in [-0.2, -0.15) is 9.97 Å². The van der Waals surface area contributed by atoms with Gasteiger partial charge in [0.05, 0.1) is 22.1 Å². The van der Waals surface area contributed by atoms with Crippen LogP contribution >= 0.6 is 0 Å². The Kier molecular flexibility index (Phi) is 9.20. The Bertz CT molecular complexity index is 4110. The van der Waals surface area contributed by atoms with Crippen molar-refractivity contribution in [2.45, 2.75) is 32.1 Å². The van der Waals surface area contributed by atoms with Gasteiger partial charge in [-0.25, -0.2) is 19.9 Å². The van der Waals surface area contributed by atoms with E-state index in [1.54, 1.807) is 0 Å². The number of hydrogen-bond donors (Lipinski definition) is 0. The van der Waals surface area contributed by atoms with Crippen molar-refractivity contribution in [2.75, 3.05) is 0 Å². The zero-order chi connectivity index (χ0) is 47.2. The molecule has 8 heteroatoms. The summed E-state index contributed by atoms with van der Waals surface area (Å²) in [4.78, 5) is 31.2. The number of benzene rings is 8. The lowest BCUT2D eigenvalue weighted by Gasteiger charge is -2.24. The third-order valence-corrected chi connectivity index (χ3v) is 14.5. The summed E-state index contributed by atoms with van der Waals surface area (Å²) in [5, 5.41) is 4.49. The minimum Gasteiger partial charge on any atom is -0.307 e. The van der Waals surface area contributed by atoms with Gasteiger partial charge in [-0.15, -0.1) is 0 Å². The van der Waals surface area contributed by atoms with Crippen LogP contribution in [0.4, 0.5) is 0 Å². The van der Waals surface area contributed by atoms with E-state index in [9.17, 15) is 0 Å². The van der Waals surface area contributed by atoms with Gasteiger partial charge in [-0.1, -0.05) is 178 Å². The molecule has 0 N–H and O–H groups in total. The monoisotopic (exact) mass is 912 g/mol. The minimum atomic E-state index is -0.138. The van der Waals surface area contributed by atoms with Gasteiger partial charge in [-0.05, 0) is 77.6 Å². The first-order valence-corrected chi connectivity index (χ1v) is 24.3. The van der Waals surface area contributed by atoms with Crippen LogP contribution in [0.3, 0.4) is 0 Å². The van der Waals surface area contributed by atoms with Crippen LogP contribution in [0, 0.1) is 0 Å². The highest BCUT2D eigenvalue weighted by molar-refractivity contribution is 6.23. The molecule has 8 nitrogen and oxygen atoms in total. The summed E-state index contributed by atoms with van der Waals surface area (Å²) in [6, 6.07) is 67.6. The van der Waals surface area contributed by atoms with Crippen molar-refractivity contribution in [3.8, 4) is 68.6 Å². The highest BCUT2D eigenvalue weighted by Crippen LogP contribution is 2.51. The molecule has 0 spiro atoms. The number of para-hydroxylation sites is 2. The summed E-state index contributed by atoms with van der Waals surface area (Å²) in [6.07, 6.45) is 6.77. The maximum atomic E-state index is 5.49. The summed E-state index contributed by atoms with van der Waals surface area (Å²) in [5.41, 5.74) is 15.2. The second-order valence-corrected chi connectivity index (χ2v) is 19.0. The van der Waals surface area contributed by atoms with Crippen LogP contribution in [-0.2, 0) is 5.41 Å². The maximum Gasteiger partial charge on any atom is 0.238 e. The van der Waals surface area contributed by atoms with Gasteiger partial charge >= 0.3 is 0 Å². The molecule has 12 aromatic rings. The van der Waals surface area contributed by atoms with Crippen LogP contribution < -0.4 is 0 Å². The van der Waals surface area contributed by atoms with Crippen molar-refractivity contribution in [1.29, 1.82) is 0 Å². The van der Waals surface area contributed by atoms with Crippen molar-refractivity contribution in [3.05, 3.63) is 223 Å². The topological polar surface area (TPSA) is 87.2 Å². The Morgan fingerprint density at radius 2 is 0.859 bits per heavy atom. The molecule has 71 heavy (non-hydrogen) atoms. The number of rotatable bonds is 7. The SMILES string of the molecule is CC1(C)C2=C(CCC=C2)c2ccc(-c3nc(-c4ccccc4)nc(-n4c5ccccc5c5ccc6c7ccccc7n(-c7ccc(-c8nc(-c9ccccc9)nc(-c9ccccc9)n8)cc7)c6c54)n3)cc21. The fourth-order valence-electron chi connectivity index (χ4n) is 11.1. The Hall–Kier alpha value is -9.14. The normalized spacial score (nSPS) is 13.9. The number of hydrogen-bond acceptors (Lipinski definition) is 6. The van der Waals surface area contributed by atoms with E-state index < -0.39 is 0 Å². The van der Waals surface area contributed by atoms with E-state index >= 15 is 0 Å². The number of aromatic nitrogens is 8. The van der Waals surface area contributed by atoms with Crippen LogP contribution in [0.25, 0.3) is 118 Å². The molecular weight excluding hydrogens is 869 g/mol. The summed E-state index contributed by atoms with van der Waals surface area (Å²) in [6.45, 7) is 4.68. The van der Waals surface area contributed by atoms with Crippen molar-refractivity contribution in [1.82, 2.24) is 39.0 Å². The molecule has 0 saturated heterocycles. The second-order valence-electron chi connectivity index (χ2n) is 19.0. The molecule has 336 valence electrons. The van der Waals surface area contributed by atoms with Gasteiger partial charge in [0.1, 0.15) is 0 Å². The van der Waals surface area contributed by atoms with Gasteiger partial charge in [0.2, 0.25) is 5.95 Å². The maximum absolute atomic E-state index is 5.49. The molecule has 0 amide bonds. The average molecular weight is 913 g/mol. The van der Waals surface area contributed by atoms with E-state index in [4.69, 9.17) is 29.9 Å². The molecule has 2 aliphatic carbocycles. The zero-order valence-electron chi connectivity index (χ0n) is 39.1. The molecule has 4 aromatic heterocycles. The Morgan fingerprint density at radius 3 is 1.42 bits per heavy atom. The first-order valence-electron chi connectivity index (χ1n) is 24.3. The van der Waals surface area contributed by atoms with Crippen LogP contribution in [0.1, 0.15) is 37.8 Å². The summed E-state index contributed by atoms with van der Waals surface area (Å²) < 4.78 is 4.65. The van der Waals surface area contributed by atoms with E-state index in [0.717, 1.165) is 90.0 Å². The Balaban J connectivity index is 0.988. The summed E-state index contributed by atoms with van der Waals surface area (Å²) in [5.74, 6) is 3.66. The molecule has 0 fully saturated rings. The fourth-order valence-corrected chi connectivity index (χ4v) is 11.1. The quantitative estimate of drug-likeness (QED) is 0.158. The summed E-state index contributed by atoms with van der Waals surface area (Å²) >= 11 is 0. The van der Waals surface area contributed by atoms with Gasteiger partial charge in [-0.3, -0.25) is 4.57 Å². The van der Waals surface area contributed by atoms with Crippen LogP contribution in [0.2, 0.25) is 0 Å². The third kappa shape index (κ3) is 6.52. The largest absolute Gasteiger partial charge is 0.307 e. The first-order chi connectivity index (χ1) is 35.0. The average Bonchev–Trinajstić information content (AvgIpc) is 4.05. The van der Waals surface area contributed by atoms with Gasteiger partial charge < -0.3 is 4.57 Å². The molecule has 0 radical (unpaired) electrons. The first kappa shape index (κ1) is 40.9. The fraction of sp³-hybridized carbons (Fsp3) is 0.0794. The van der Waals surface area contributed by atoms with Crippen molar-refractivity contribution in [3.63, 3.8) is 0 Å². The van der Waals surface area contributed by atoms with Crippen molar-refractivity contribution in [2.24, 2.45) is 0 Å². The predicted molar refractivity (Wildman–Crippen MR) is 287 cm³/mol. The molecule has 14 rings (SSSR count). The van der Waals surface area contributed by atoms with Crippen molar-refractivity contribution < 1.29 is 0 Å². The van der Waals surface area contributed by atoms with E-state index in [-0.39, 0.29) is 5.41 Å². The van der Waals surface area contributed by atoms with E-state index in [1.807, 2.05) is 78.9 Å². The predicted octanol–water partition coefficient (Wildman–Crippen LogP) is 15.0. The highest BCUT2D eigenvalue weighted by atomic mass is 15.2. The molecule has 2 aliphatic rings. The van der Waals surface area contributed by atoms with Gasteiger partial charge in [0, 0.05) is 60.5 Å². The van der Waals surface area contributed by atoms with E-state index in [2.05, 4.69) is 150 Å². The molecule has 0 aliphatic heterocycles. The standard InChI is InChI=1S/C63H44N8/c1-63(2)51-27-15-12-24-45(51)46-35-32-43(38-52(46)63)61-67-60(41-22-10-5-11-23-41)68-62(69-61)71-54-29-17-14-26-48(54)50-37-36-49-47-25-13-16-28-53(47)70(55(49)56(50)71)44-33-30-42(31-34-44)59-65-57(39-18-6-3-7-19-39)64-58(66-59)40-20-8-4-9-21-40/h3-11,13-23,25-38H,12,24H2,1-2H3. The molecule has 0 atom stereocenters. The lowest BCUT2D eigenvalue weighted by Crippen LogP contribution is -2.16. The number of nitrogens with zero attached hydrogens (tertiary/aromatic N) is 8. The number of fused-ring (bicyclic) bond motifs is 9. The van der Waals surface area contributed by atoms with E-state index in [0.29, 0.717) is 35.1 Å². The molecule has 0 unspecified atom stereocenters.